The number of nitrogens with one attached hydrogen (secondary N) is 1. The highest BCUT2D eigenvalue weighted by Crippen LogP contribution is 2.14. The molecule has 0 aliphatic carbocycles. The van der Waals surface area contributed by atoms with Crippen LogP contribution in [-0.2, 0) is 20.7 Å². The van der Waals surface area contributed by atoms with Crippen molar-refractivity contribution in [3.8, 4) is 5.75 Å². The van der Waals surface area contributed by atoms with Crippen molar-refractivity contribution < 1.29 is 19.1 Å². The van der Waals surface area contributed by atoms with Crippen molar-refractivity contribution in [3.63, 3.8) is 0 Å². The van der Waals surface area contributed by atoms with E-state index in [2.05, 4.69) is 5.32 Å². The number of amides is 1. The Hall–Kier alpha value is -2.04. The molecule has 122 valence electrons. The van der Waals surface area contributed by atoms with Crippen LogP contribution in [0.5, 0.6) is 5.75 Å². The van der Waals surface area contributed by atoms with Gasteiger partial charge in [-0.3, -0.25) is 4.79 Å². The van der Waals surface area contributed by atoms with E-state index in [9.17, 15) is 9.59 Å². The molecule has 5 heteroatoms. The number of hydrogen-bond acceptors (Lipinski definition) is 4. The van der Waals surface area contributed by atoms with Crippen LogP contribution in [-0.4, -0.2) is 32.1 Å². The molecular weight excluding hydrogens is 282 g/mol. The van der Waals surface area contributed by atoms with Crippen LogP contribution < -0.4 is 10.1 Å². The van der Waals surface area contributed by atoms with Gasteiger partial charge in [-0.2, -0.15) is 0 Å². The molecule has 0 aliphatic rings. The smallest absolute Gasteiger partial charge is 0.328 e. The first-order valence-corrected chi connectivity index (χ1v) is 7.46. The third-order valence-electron chi connectivity index (χ3n) is 3.30. The monoisotopic (exact) mass is 307 g/mol. The molecule has 1 amide bonds. The number of ether oxygens (including phenoxy) is 2. The van der Waals surface area contributed by atoms with Gasteiger partial charge in [-0.05, 0) is 36.5 Å². The minimum Gasteiger partial charge on any atom is -0.497 e. The summed E-state index contributed by atoms with van der Waals surface area (Å²) < 4.78 is 9.89. The van der Waals surface area contributed by atoms with Gasteiger partial charge in [0.2, 0.25) is 5.91 Å². The fourth-order valence-corrected chi connectivity index (χ4v) is 2.18. The highest BCUT2D eigenvalue weighted by Gasteiger charge is 2.22. The molecule has 1 atom stereocenters. The Bertz CT molecular complexity index is 499. The molecule has 0 radical (unpaired) electrons. The van der Waals surface area contributed by atoms with Gasteiger partial charge in [0.15, 0.2) is 0 Å². The summed E-state index contributed by atoms with van der Waals surface area (Å²) in [5.74, 6) is 0.509. The van der Waals surface area contributed by atoms with Gasteiger partial charge in [-0.1, -0.05) is 26.0 Å². The first-order chi connectivity index (χ1) is 10.5. The maximum Gasteiger partial charge on any atom is 0.328 e. The van der Waals surface area contributed by atoms with Crippen molar-refractivity contribution >= 4 is 11.9 Å². The summed E-state index contributed by atoms with van der Waals surface area (Å²) in [4.78, 5) is 23.7. The molecule has 1 aromatic carbocycles. The van der Waals surface area contributed by atoms with E-state index in [4.69, 9.17) is 9.47 Å². The predicted octanol–water partition coefficient (Wildman–Crippen LogP) is 2.33. The molecule has 1 N–H and O–H groups in total. The lowest BCUT2D eigenvalue weighted by atomic mass is 10.0. The number of rotatable bonds is 8. The van der Waals surface area contributed by atoms with E-state index in [1.807, 2.05) is 38.1 Å². The van der Waals surface area contributed by atoms with Crippen LogP contribution in [0.25, 0.3) is 0 Å². The van der Waals surface area contributed by atoms with E-state index in [1.165, 1.54) is 7.11 Å². The molecule has 0 aromatic heterocycles. The summed E-state index contributed by atoms with van der Waals surface area (Å²) in [6.07, 6.45) is 1.48. The van der Waals surface area contributed by atoms with E-state index < -0.39 is 12.0 Å². The normalized spacial score (nSPS) is 11.9. The fourth-order valence-electron chi connectivity index (χ4n) is 2.18. The zero-order valence-corrected chi connectivity index (χ0v) is 13.7. The lowest BCUT2D eigenvalue weighted by Crippen LogP contribution is -2.42. The summed E-state index contributed by atoms with van der Waals surface area (Å²) in [6, 6.07) is 7.02. The van der Waals surface area contributed by atoms with Crippen molar-refractivity contribution in [2.45, 2.75) is 39.2 Å². The molecule has 5 nitrogen and oxygen atoms in total. The van der Waals surface area contributed by atoms with Gasteiger partial charge in [0.05, 0.1) is 14.2 Å². The van der Waals surface area contributed by atoms with Crippen LogP contribution in [0.2, 0.25) is 0 Å². The standard InChI is InChI=1S/C17H25NO4/c1-12(2)10-15(17(20)22-4)18-16(19)9-8-13-6-5-7-14(11-13)21-3/h5-7,11-12,15H,8-10H2,1-4H3,(H,18,19). The highest BCUT2D eigenvalue weighted by molar-refractivity contribution is 5.84. The third kappa shape index (κ3) is 6.16. The van der Waals surface area contributed by atoms with Gasteiger partial charge >= 0.3 is 5.97 Å². The molecule has 0 saturated carbocycles. The first kappa shape index (κ1) is 18.0. The van der Waals surface area contributed by atoms with Gasteiger partial charge in [-0.15, -0.1) is 0 Å². The van der Waals surface area contributed by atoms with Crippen LogP contribution in [0.1, 0.15) is 32.3 Å². The number of methoxy groups -OCH3 is 2. The van der Waals surface area contributed by atoms with Crippen molar-refractivity contribution in [2.75, 3.05) is 14.2 Å². The van der Waals surface area contributed by atoms with E-state index >= 15 is 0 Å². The summed E-state index contributed by atoms with van der Waals surface area (Å²) >= 11 is 0. The maximum atomic E-state index is 12.0. The van der Waals surface area contributed by atoms with Crippen molar-refractivity contribution in [3.05, 3.63) is 29.8 Å². The summed E-state index contributed by atoms with van der Waals surface area (Å²) in [7, 11) is 2.94. The first-order valence-electron chi connectivity index (χ1n) is 7.46. The minimum atomic E-state index is -0.581. The topological polar surface area (TPSA) is 64.6 Å². The number of carbonyl (C=O) groups is 2. The minimum absolute atomic E-state index is 0.154. The van der Waals surface area contributed by atoms with E-state index in [-0.39, 0.29) is 5.91 Å². The second-order valence-electron chi connectivity index (χ2n) is 5.62. The van der Waals surface area contributed by atoms with Crippen molar-refractivity contribution in [2.24, 2.45) is 5.92 Å². The molecule has 0 fully saturated rings. The Morgan fingerprint density at radius 2 is 1.95 bits per heavy atom. The van der Waals surface area contributed by atoms with Crippen molar-refractivity contribution in [1.29, 1.82) is 0 Å². The molecule has 0 spiro atoms. The largest absolute Gasteiger partial charge is 0.497 e. The highest BCUT2D eigenvalue weighted by atomic mass is 16.5. The van der Waals surface area contributed by atoms with Crippen LogP contribution in [0.4, 0.5) is 0 Å². The number of carbonyl (C=O) groups excluding carboxylic acids is 2. The molecule has 1 unspecified atom stereocenters. The molecule has 22 heavy (non-hydrogen) atoms. The number of benzene rings is 1. The van der Waals surface area contributed by atoms with E-state index in [0.29, 0.717) is 25.2 Å². The lowest BCUT2D eigenvalue weighted by Gasteiger charge is -2.18. The van der Waals surface area contributed by atoms with Crippen molar-refractivity contribution in [1.82, 2.24) is 5.32 Å². The van der Waals surface area contributed by atoms with Crippen LogP contribution >= 0.6 is 0 Å². The molecular formula is C17H25NO4. The Labute approximate surface area is 132 Å². The Morgan fingerprint density at radius 1 is 1.23 bits per heavy atom. The number of hydrogen-bond donors (Lipinski definition) is 1. The summed E-state index contributed by atoms with van der Waals surface area (Å²) in [5, 5.41) is 2.75. The van der Waals surface area contributed by atoms with E-state index in [0.717, 1.165) is 11.3 Å². The maximum absolute atomic E-state index is 12.0. The molecule has 1 aromatic rings. The van der Waals surface area contributed by atoms with Crippen LogP contribution in [0, 0.1) is 5.92 Å². The number of esters is 1. The second-order valence-corrected chi connectivity index (χ2v) is 5.62. The van der Waals surface area contributed by atoms with Gasteiger partial charge in [0.1, 0.15) is 11.8 Å². The molecule has 1 rings (SSSR count). The van der Waals surface area contributed by atoms with Gasteiger partial charge in [-0.25, -0.2) is 4.79 Å². The van der Waals surface area contributed by atoms with E-state index in [1.54, 1.807) is 7.11 Å². The Balaban J connectivity index is 2.54. The molecule has 0 saturated heterocycles. The molecule has 0 aliphatic heterocycles. The Kier molecular flexibility index (Phi) is 7.43. The van der Waals surface area contributed by atoms with Gasteiger partial charge < -0.3 is 14.8 Å². The van der Waals surface area contributed by atoms with Gasteiger partial charge in [0.25, 0.3) is 0 Å². The Morgan fingerprint density at radius 3 is 2.55 bits per heavy atom. The van der Waals surface area contributed by atoms with Crippen LogP contribution in [0.15, 0.2) is 24.3 Å². The molecule has 0 heterocycles. The average Bonchev–Trinajstić information content (AvgIpc) is 2.51. The number of aryl methyl sites for hydroxylation is 1. The zero-order valence-electron chi connectivity index (χ0n) is 13.7. The summed E-state index contributed by atoms with van der Waals surface area (Å²) in [6.45, 7) is 4.00. The van der Waals surface area contributed by atoms with Gasteiger partial charge in [0, 0.05) is 6.42 Å². The SMILES string of the molecule is COC(=O)C(CC(C)C)NC(=O)CCc1cccc(OC)c1. The quantitative estimate of drug-likeness (QED) is 0.749. The predicted molar refractivity (Wildman–Crippen MR) is 84.7 cm³/mol. The average molecular weight is 307 g/mol. The zero-order chi connectivity index (χ0) is 16.5. The second kappa shape index (κ2) is 9.07. The summed E-state index contributed by atoms with van der Waals surface area (Å²) in [5.41, 5.74) is 1.02. The fraction of sp³-hybridized carbons (Fsp3) is 0.529. The third-order valence-corrected chi connectivity index (χ3v) is 3.30. The van der Waals surface area contributed by atoms with Crippen LogP contribution in [0.3, 0.4) is 0 Å². The lowest BCUT2D eigenvalue weighted by molar-refractivity contribution is -0.145. The molecule has 0 bridgehead atoms.